The van der Waals surface area contributed by atoms with E-state index in [9.17, 15) is 9.90 Å². The van der Waals surface area contributed by atoms with Crippen LogP contribution in [0.5, 0.6) is 5.75 Å². The van der Waals surface area contributed by atoms with E-state index in [0.29, 0.717) is 22.0 Å². The van der Waals surface area contributed by atoms with E-state index in [2.05, 4.69) is 5.16 Å². The summed E-state index contributed by atoms with van der Waals surface area (Å²) in [7, 11) is 0. The highest BCUT2D eigenvalue weighted by Gasteiger charge is 2.11. The first-order chi connectivity index (χ1) is 10.1. The summed E-state index contributed by atoms with van der Waals surface area (Å²) in [4.78, 5) is 10.4. The van der Waals surface area contributed by atoms with Crippen LogP contribution in [0.25, 0.3) is 22.2 Å². The molecule has 3 aromatic rings. The Balaban J connectivity index is 1.95. The monoisotopic (exact) mass is 302 g/mol. The number of fused-ring (bicyclic) bond motifs is 1. The first kappa shape index (κ1) is 13.5. The van der Waals surface area contributed by atoms with E-state index in [-0.39, 0.29) is 0 Å². The van der Waals surface area contributed by atoms with Crippen molar-refractivity contribution in [2.45, 2.75) is 0 Å². The molecule has 106 valence electrons. The number of nitrogens with zero attached hydrogens (tertiary/aromatic N) is 1. The standard InChI is InChI=1S/C15H10ClNO4/c16-10-3-1-9(2-4-10)15-12-6-5-11(20-8-14(18)19)7-13(12)21-17-15/h1-7H,8H2,(H,18,19)/p-1. The Bertz CT molecular complexity index is 795. The number of hydrogen-bond acceptors (Lipinski definition) is 5. The molecular formula is C15H9ClNO4-. The van der Waals surface area contributed by atoms with Gasteiger partial charge in [0.05, 0.1) is 5.97 Å². The van der Waals surface area contributed by atoms with Crippen molar-refractivity contribution in [2.75, 3.05) is 6.61 Å². The zero-order valence-electron chi connectivity index (χ0n) is 10.7. The van der Waals surface area contributed by atoms with Crippen LogP contribution in [0.3, 0.4) is 0 Å². The highest BCUT2D eigenvalue weighted by Crippen LogP contribution is 2.30. The van der Waals surface area contributed by atoms with Crippen molar-refractivity contribution in [3.63, 3.8) is 0 Å². The molecule has 0 fully saturated rings. The van der Waals surface area contributed by atoms with Gasteiger partial charge in [-0.3, -0.25) is 0 Å². The molecule has 2 aromatic carbocycles. The number of ether oxygens (including phenoxy) is 1. The molecular weight excluding hydrogens is 294 g/mol. The highest BCUT2D eigenvalue weighted by atomic mass is 35.5. The van der Waals surface area contributed by atoms with Crippen molar-refractivity contribution >= 4 is 28.5 Å². The third-order valence-corrected chi connectivity index (χ3v) is 3.17. The fourth-order valence-electron chi connectivity index (χ4n) is 1.97. The third-order valence-electron chi connectivity index (χ3n) is 2.92. The number of carbonyl (C=O) groups is 1. The Kier molecular flexibility index (Phi) is 3.50. The first-order valence-electron chi connectivity index (χ1n) is 6.11. The van der Waals surface area contributed by atoms with Crippen LogP contribution in [0.2, 0.25) is 5.02 Å². The summed E-state index contributed by atoms with van der Waals surface area (Å²) < 4.78 is 10.3. The van der Waals surface area contributed by atoms with Gasteiger partial charge in [0.1, 0.15) is 18.1 Å². The van der Waals surface area contributed by atoms with Crippen LogP contribution in [0.4, 0.5) is 0 Å². The number of rotatable bonds is 4. The molecule has 0 bridgehead atoms. The maximum absolute atomic E-state index is 10.4. The van der Waals surface area contributed by atoms with Crippen LogP contribution in [-0.4, -0.2) is 17.7 Å². The van der Waals surface area contributed by atoms with Gasteiger partial charge in [0.2, 0.25) is 0 Å². The van der Waals surface area contributed by atoms with Crippen molar-refractivity contribution in [3.8, 4) is 17.0 Å². The molecule has 3 rings (SSSR count). The minimum atomic E-state index is -1.28. The van der Waals surface area contributed by atoms with Crippen molar-refractivity contribution in [3.05, 3.63) is 47.5 Å². The largest absolute Gasteiger partial charge is 0.546 e. The average Bonchev–Trinajstić information content (AvgIpc) is 2.89. The summed E-state index contributed by atoms with van der Waals surface area (Å²) in [5.41, 5.74) is 2.07. The van der Waals surface area contributed by atoms with Crippen molar-refractivity contribution in [1.82, 2.24) is 5.16 Å². The molecule has 1 aromatic heterocycles. The Morgan fingerprint density at radius 3 is 2.71 bits per heavy atom. The summed E-state index contributed by atoms with van der Waals surface area (Å²) in [6.45, 7) is -0.510. The lowest BCUT2D eigenvalue weighted by atomic mass is 10.1. The van der Waals surface area contributed by atoms with Gasteiger partial charge in [-0.05, 0) is 24.3 Å². The van der Waals surface area contributed by atoms with Gasteiger partial charge in [0.25, 0.3) is 0 Å². The van der Waals surface area contributed by atoms with E-state index in [1.165, 1.54) is 0 Å². The second-order valence-corrected chi connectivity index (χ2v) is 4.79. The predicted octanol–water partition coefficient (Wildman–Crippen LogP) is 2.28. The molecule has 0 aliphatic carbocycles. The Morgan fingerprint density at radius 1 is 1.24 bits per heavy atom. The summed E-state index contributed by atoms with van der Waals surface area (Å²) in [5.74, 6) is -0.903. The fourth-order valence-corrected chi connectivity index (χ4v) is 2.09. The molecule has 0 atom stereocenters. The molecule has 6 heteroatoms. The molecule has 0 aliphatic heterocycles. The van der Waals surface area contributed by atoms with E-state index < -0.39 is 12.6 Å². The molecule has 5 nitrogen and oxygen atoms in total. The second kappa shape index (κ2) is 5.46. The van der Waals surface area contributed by atoms with Crippen molar-refractivity contribution in [2.24, 2.45) is 0 Å². The van der Waals surface area contributed by atoms with Gasteiger partial charge in [0.15, 0.2) is 5.58 Å². The molecule has 21 heavy (non-hydrogen) atoms. The summed E-state index contributed by atoms with van der Waals surface area (Å²) in [5, 5.41) is 15.8. The minimum Gasteiger partial charge on any atom is -0.546 e. The van der Waals surface area contributed by atoms with Crippen LogP contribution in [0.15, 0.2) is 47.0 Å². The van der Waals surface area contributed by atoms with Gasteiger partial charge in [-0.15, -0.1) is 0 Å². The lowest BCUT2D eigenvalue weighted by Gasteiger charge is -2.05. The third kappa shape index (κ3) is 2.83. The quantitative estimate of drug-likeness (QED) is 0.739. The molecule has 0 unspecified atom stereocenters. The maximum atomic E-state index is 10.4. The topological polar surface area (TPSA) is 75.4 Å². The number of carboxylic acids is 1. The first-order valence-corrected chi connectivity index (χ1v) is 6.49. The SMILES string of the molecule is O=C([O-])COc1ccc2c(-c3ccc(Cl)cc3)noc2c1. The average molecular weight is 303 g/mol. The van der Waals surface area contributed by atoms with Gasteiger partial charge in [-0.25, -0.2) is 0 Å². The number of carboxylic acid groups (broad SMARTS) is 1. The van der Waals surface area contributed by atoms with E-state index in [0.717, 1.165) is 10.9 Å². The second-order valence-electron chi connectivity index (χ2n) is 4.36. The molecule has 0 N–H and O–H groups in total. The molecule has 0 saturated carbocycles. The predicted molar refractivity (Wildman–Crippen MR) is 75.0 cm³/mol. The molecule has 0 spiro atoms. The molecule has 0 aliphatic rings. The number of hydrogen-bond donors (Lipinski definition) is 0. The van der Waals surface area contributed by atoms with Gasteiger partial charge >= 0.3 is 0 Å². The Labute approximate surface area is 124 Å². The Morgan fingerprint density at radius 2 is 2.00 bits per heavy atom. The van der Waals surface area contributed by atoms with E-state index in [1.807, 2.05) is 12.1 Å². The number of benzene rings is 2. The number of carbonyl (C=O) groups excluding carboxylic acids is 1. The van der Waals surface area contributed by atoms with Crippen LogP contribution in [0.1, 0.15) is 0 Å². The zero-order chi connectivity index (χ0) is 14.8. The van der Waals surface area contributed by atoms with E-state index in [4.69, 9.17) is 20.9 Å². The molecule has 1 heterocycles. The van der Waals surface area contributed by atoms with E-state index in [1.54, 1.807) is 30.3 Å². The van der Waals surface area contributed by atoms with Gasteiger partial charge in [-0.2, -0.15) is 0 Å². The smallest absolute Gasteiger partial charge is 0.171 e. The lowest BCUT2D eigenvalue weighted by Crippen LogP contribution is -2.28. The summed E-state index contributed by atoms with van der Waals surface area (Å²) in [6, 6.07) is 12.2. The van der Waals surface area contributed by atoms with Crippen molar-refractivity contribution < 1.29 is 19.2 Å². The van der Waals surface area contributed by atoms with Crippen molar-refractivity contribution in [1.29, 1.82) is 0 Å². The highest BCUT2D eigenvalue weighted by molar-refractivity contribution is 6.30. The fraction of sp³-hybridized carbons (Fsp3) is 0.0667. The van der Waals surface area contributed by atoms with E-state index >= 15 is 0 Å². The van der Waals surface area contributed by atoms with Crippen LogP contribution < -0.4 is 9.84 Å². The minimum absolute atomic E-state index is 0.380. The Hall–Kier alpha value is -2.53. The van der Waals surface area contributed by atoms with Crippen LogP contribution in [-0.2, 0) is 4.79 Å². The zero-order valence-corrected chi connectivity index (χ0v) is 11.5. The number of aliphatic carboxylic acids is 1. The number of aromatic nitrogens is 1. The van der Waals surface area contributed by atoms with Gasteiger partial charge < -0.3 is 19.2 Å². The van der Waals surface area contributed by atoms with Crippen LogP contribution in [0, 0.1) is 0 Å². The summed E-state index contributed by atoms with van der Waals surface area (Å²) >= 11 is 5.86. The van der Waals surface area contributed by atoms with Gasteiger partial charge in [-0.1, -0.05) is 28.9 Å². The van der Waals surface area contributed by atoms with Crippen LogP contribution >= 0.6 is 11.6 Å². The van der Waals surface area contributed by atoms with Gasteiger partial charge in [0, 0.05) is 22.0 Å². The molecule has 0 saturated heterocycles. The maximum Gasteiger partial charge on any atom is 0.171 e. The summed E-state index contributed by atoms with van der Waals surface area (Å²) in [6.07, 6.45) is 0. The normalized spacial score (nSPS) is 10.7. The number of halogens is 1. The lowest BCUT2D eigenvalue weighted by molar-refractivity contribution is -0.307. The molecule has 0 radical (unpaired) electrons. The molecule has 0 amide bonds.